The van der Waals surface area contributed by atoms with Crippen LogP contribution in [0.1, 0.15) is 15.9 Å². The second-order valence-corrected chi connectivity index (χ2v) is 10.3. The summed E-state index contributed by atoms with van der Waals surface area (Å²) in [5.41, 5.74) is 0.797. The number of benzene rings is 4. The molecule has 0 aliphatic rings. The summed E-state index contributed by atoms with van der Waals surface area (Å²) in [6.07, 6.45) is 1.17. The van der Waals surface area contributed by atoms with Gasteiger partial charge in [0, 0.05) is 27.4 Å². The van der Waals surface area contributed by atoms with Gasteiger partial charge in [-0.2, -0.15) is 0 Å². The van der Waals surface area contributed by atoms with Gasteiger partial charge in [-0.3, -0.25) is 14.4 Å². The maximum absolute atomic E-state index is 14.5. The molecule has 6 nitrogen and oxygen atoms in total. The van der Waals surface area contributed by atoms with Crippen molar-refractivity contribution in [2.75, 3.05) is 16.4 Å². The molecular weight excluding hydrogens is 591 g/mol. The van der Waals surface area contributed by atoms with E-state index in [1.165, 1.54) is 48.2 Å². The molecule has 0 bridgehead atoms. The summed E-state index contributed by atoms with van der Waals surface area (Å²) < 4.78 is 27.8. The van der Waals surface area contributed by atoms with Crippen molar-refractivity contribution in [3.8, 4) is 0 Å². The fourth-order valence-electron chi connectivity index (χ4n) is 3.49. The molecule has 3 N–H and O–H groups in total. The van der Waals surface area contributed by atoms with E-state index < -0.39 is 23.4 Å². The second-order valence-electron chi connectivity index (χ2n) is 8.46. The minimum Gasteiger partial charge on any atom is -0.325 e. The van der Waals surface area contributed by atoms with Gasteiger partial charge in [-0.25, -0.2) is 8.78 Å². The molecular formula is C30H21Cl2F2N3O3S. The normalized spacial score (nSPS) is 11.1. The molecule has 4 aromatic carbocycles. The van der Waals surface area contributed by atoms with Gasteiger partial charge < -0.3 is 16.0 Å². The second kappa shape index (κ2) is 13.9. The lowest BCUT2D eigenvalue weighted by Crippen LogP contribution is -2.30. The van der Waals surface area contributed by atoms with Crippen molar-refractivity contribution in [2.24, 2.45) is 0 Å². The monoisotopic (exact) mass is 611 g/mol. The highest BCUT2D eigenvalue weighted by molar-refractivity contribution is 8.00. The Labute approximate surface area is 248 Å². The van der Waals surface area contributed by atoms with Crippen molar-refractivity contribution in [1.29, 1.82) is 0 Å². The number of thioether (sulfide) groups is 1. The zero-order chi connectivity index (χ0) is 29.4. The fourth-order valence-corrected chi connectivity index (χ4v) is 4.58. The molecule has 208 valence electrons. The Morgan fingerprint density at radius 3 is 2.15 bits per heavy atom. The number of hydrogen-bond donors (Lipinski definition) is 3. The molecule has 0 spiro atoms. The zero-order valence-corrected chi connectivity index (χ0v) is 23.4. The highest BCUT2D eigenvalue weighted by Crippen LogP contribution is 2.24. The molecule has 0 unspecified atom stereocenters. The van der Waals surface area contributed by atoms with E-state index in [0.29, 0.717) is 16.9 Å². The molecule has 4 aromatic rings. The Bertz CT molecular complexity index is 1600. The third-order valence-corrected chi connectivity index (χ3v) is 7.13. The number of amides is 3. The summed E-state index contributed by atoms with van der Waals surface area (Å²) in [6.45, 7) is 0. The van der Waals surface area contributed by atoms with Crippen molar-refractivity contribution < 1.29 is 23.2 Å². The Morgan fingerprint density at radius 2 is 1.46 bits per heavy atom. The van der Waals surface area contributed by atoms with Crippen molar-refractivity contribution >= 4 is 70.1 Å². The Balaban J connectivity index is 1.43. The molecule has 0 saturated carbocycles. The SMILES string of the molecule is O=C(CSc1ccc(NC(=O)/C(=C/c2c(F)cccc2Cl)NC(=O)c2ccccc2)cc1)Nc1ccc(F)c(Cl)c1. The molecule has 0 aliphatic carbocycles. The van der Waals surface area contributed by atoms with E-state index in [2.05, 4.69) is 16.0 Å². The summed E-state index contributed by atoms with van der Waals surface area (Å²) in [7, 11) is 0. The van der Waals surface area contributed by atoms with Crippen LogP contribution < -0.4 is 16.0 Å². The van der Waals surface area contributed by atoms with E-state index in [1.807, 2.05) is 0 Å². The van der Waals surface area contributed by atoms with E-state index in [4.69, 9.17) is 23.2 Å². The standard InChI is InChI=1S/C30H21Cl2F2N3O3S/c31-23-7-4-8-25(33)22(23)16-27(37-29(39)18-5-2-1-3-6-18)30(40)36-19-9-12-21(13-10-19)41-17-28(38)35-20-11-14-26(34)24(32)15-20/h1-16H,17H2,(H,35,38)(H,36,40)(H,37,39)/b27-16-. The summed E-state index contributed by atoms with van der Waals surface area (Å²) in [4.78, 5) is 38.9. The molecule has 0 heterocycles. The summed E-state index contributed by atoms with van der Waals surface area (Å²) in [5.74, 6) is -2.75. The maximum Gasteiger partial charge on any atom is 0.272 e. The van der Waals surface area contributed by atoms with Crippen LogP contribution in [0.2, 0.25) is 10.0 Å². The van der Waals surface area contributed by atoms with Crippen LogP contribution in [-0.2, 0) is 9.59 Å². The van der Waals surface area contributed by atoms with Gasteiger partial charge in [-0.15, -0.1) is 11.8 Å². The van der Waals surface area contributed by atoms with Gasteiger partial charge in [-0.1, -0.05) is 47.5 Å². The fraction of sp³-hybridized carbons (Fsp3) is 0.0333. The average Bonchev–Trinajstić information content (AvgIpc) is 2.96. The highest BCUT2D eigenvalue weighted by Gasteiger charge is 2.17. The van der Waals surface area contributed by atoms with Crippen molar-refractivity contribution in [2.45, 2.75) is 4.90 Å². The van der Waals surface area contributed by atoms with Gasteiger partial charge in [0.05, 0.1) is 15.8 Å². The summed E-state index contributed by atoms with van der Waals surface area (Å²) >= 11 is 13.1. The van der Waals surface area contributed by atoms with Gasteiger partial charge in [0.1, 0.15) is 17.3 Å². The van der Waals surface area contributed by atoms with E-state index in [9.17, 15) is 23.2 Å². The van der Waals surface area contributed by atoms with Gasteiger partial charge in [-0.05, 0) is 72.8 Å². The van der Waals surface area contributed by atoms with E-state index in [0.717, 1.165) is 11.0 Å². The highest BCUT2D eigenvalue weighted by atomic mass is 35.5. The van der Waals surface area contributed by atoms with Gasteiger partial charge in [0.15, 0.2) is 0 Å². The van der Waals surface area contributed by atoms with E-state index in [-0.39, 0.29) is 33.0 Å². The third kappa shape index (κ3) is 8.40. The van der Waals surface area contributed by atoms with Crippen LogP contribution in [0.5, 0.6) is 0 Å². The minimum absolute atomic E-state index is 0.0550. The number of nitrogens with one attached hydrogen (secondary N) is 3. The molecule has 0 aliphatic heterocycles. The van der Waals surface area contributed by atoms with E-state index >= 15 is 0 Å². The molecule has 0 saturated heterocycles. The first-order valence-corrected chi connectivity index (χ1v) is 13.7. The van der Waals surface area contributed by atoms with Crippen molar-refractivity contribution in [1.82, 2.24) is 5.32 Å². The van der Waals surface area contributed by atoms with Gasteiger partial charge >= 0.3 is 0 Å². The first kappa shape index (κ1) is 29.8. The summed E-state index contributed by atoms with van der Waals surface area (Å²) in [6, 6.07) is 22.9. The van der Waals surface area contributed by atoms with Crippen LogP contribution in [0.25, 0.3) is 6.08 Å². The quantitative estimate of drug-likeness (QED) is 0.136. The number of halogens is 4. The maximum atomic E-state index is 14.5. The van der Waals surface area contributed by atoms with Crippen LogP contribution in [0.3, 0.4) is 0 Å². The minimum atomic E-state index is -0.702. The molecule has 41 heavy (non-hydrogen) atoms. The van der Waals surface area contributed by atoms with Crippen LogP contribution >= 0.6 is 35.0 Å². The van der Waals surface area contributed by atoms with Crippen LogP contribution in [0, 0.1) is 11.6 Å². The first-order chi connectivity index (χ1) is 19.7. The molecule has 3 amide bonds. The molecule has 11 heteroatoms. The largest absolute Gasteiger partial charge is 0.325 e. The number of rotatable bonds is 9. The third-order valence-electron chi connectivity index (χ3n) is 5.50. The number of carbonyl (C=O) groups is 3. The Morgan fingerprint density at radius 1 is 0.756 bits per heavy atom. The number of carbonyl (C=O) groups excluding carboxylic acids is 3. The molecule has 0 atom stereocenters. The van der Waals surface area contributed by atoms with Crippen LogP contribution in [0.15, 0.2) is 102 Å². The molecule has 0 aromatic heterocycles. The average molecular weight is 612 g/mol. The van der Waals surface area contributed by atoms with Gasteiger partial charge in [0.2, 0.25) is 5.91 Å². The van der Waals surface area contributed by atoms with Crippen LogP contribution in [0.4, 0.5) is 20.2 Å². The van der Waals surface area contributed by atoms with Crippen LogP contribution in [-0.4, -0.2) is 23.5 Å². The van der Waals surface area contributed by atoms with Crippen molar-refractivity contribution in [3.63, 3.8) is 0 Å². The Kier molecular flexibility index (Phi) is 10.1. The lowest BCUT2D eigenvalue weighted by molar-refractivity contribution is -0.114. The summed E-state index contributed by atoms with van der Waals surface area (Å²) in [5, 5.41) is 7.82. The molecule has 0 fully saturated rings. The van der Waals surface area contributed by atoms with Crippen molar-refractivity contribution in [3.05, 3.63) is 129 Å². The lowest BCUT2D eigenvalue weighted by Gasteiger charge is -2.12. The predicted molar refractivity (Wildman–Crippen MR) is 159 cm³/mol. The Hall–Kier alpha value is -4.18. The molecule has 4 rings (SSSR count). The first-order valence-electron chi connectivity index (χ1n) is 12.0. The van der Waals surface area contributed by atoms with E-state index in [1.54, 1.807) is 54.6 Å². The molecule has 0 radical (unpaired) electrons. The van der Waals surface area contributed by atoms with Gasteiger partial charge in [0.25, 0.3) is 11.8 Å². The topological polar surface area (TPSA) is 87.3 Å². The lowest BCUT2D eigenvalue weighted by atomic mass is 10.1. The smallest absolute Gasteiger partial charge is 0.272 e. The number of anilines is 2. The predicted octanol–water partition coefficient (Wildman–Crippen LogP) is 7.41. The number of hydrogen-bond acceptors (Lipinski definition) is 4. The zero-order valence-electron chi connectivity index (χ0n) is 21.1.